The number of amides is 1. The molecule has 2 N–H and O–H groups in total. The monoisotopic (exact) mass is 366 g/mol. The predicted octanol–water partition coefficient (Wildman–Crippen LogP) is 4.74. The molecular weight excluding hydrogens is 355 g/mol. The number of hydrogen-bond acceptors (Lipinski definition) is 4. The van der Waals surface area contributed by atoms with Gasteiger partial charge in [0.25, 0.3) is 5.91 Å². The summed E-state index contributed by atoms with van der Waals surface area (Å²) in [7, 11) is 0. The molecule has 3 rings (SSSR count). The van der Waals surface area contributed by atoms with Gasteiger partial charge in [-0.3, -0.25) is 4.79 Å². The Kier molecular flexibility index (Phi) is 5.11. The summed E-state index contributed by atoms with van der Waals surface area (Å²) in [5.74, 6) is -0.927. The van der Waals surface area contributed by atoms with Gasteiger partial charge >= 0.3 is 0 Å². The van der Waals surface area contributed by atoms with Gasteiger partial charge in [-0.15, -0.1) is 0 Å². The van der Waals surface area contributed by atoms with Crippen molar-refractivity contribution in [1.29, 1.82) is 5.26 Å². The molecular formula is C19H12ClFN4O. The van der Waals surface area contributed by atoms with Crippen LogP contribution in [0, 0.1) is 17.1 Å². The van der Waals surface area contributed by atoms with Crippen LogP contribution in [-0.4, -0.2) is 10.9 Å². The van der Waals surface area contributed by atoms with Crippen molar-refractivity contribution in [3.05, 3.63) is 82.9 Å². The number of rotatable bonds is 4. The smallest absolute Gasteiger partial charge is 0.274 e. The first-order valence-corrected chi connectivity index (χ1v) is 7.93. The van der Waals surface area contributed by atoms with E-state index in [-0.39, 0.29) is 10.7 Å². The highest BCUT2D eigenvalue weighted by atomic mass is 35.5. The second-order valence-corrected chi connectivity index (χ2v) is 5.70. The molecule has 2 aromatic carbocycles. The predicted molar refractivity (Wildman–Crippen MR) is 98.0 cm³/mol. The fraction of sp³-hybridized carbons (Fsp3) is 0. The number of anilines is 3. The molecule has 128 valence electrons. The van der Waals surface area contributed by atoms with Crippen LogP contribution in [0.4, 0.5) is 21.5 Å². The molecule has 5 nitrogen and oxygen atoms in total. The van der Waals surface area contributed by atoms with Crippen LogP contribution in [0.1, 0.15) is 16.1 Å². The van der Waals surface area contributed by atoms with Crippen molar-refractivity contribution in [3.8, 4) is 6.07 Å². The third-order valence-corrected chi connectivity index (χ3v) is 3.79. The number of nitrogens with zero attached hydrogens (tertiary/aromatic N) is 2. The SMILES string of the molecule is N#Cc1ccccc1NC(=O)c1ccc(Nc2ccc(F)c(Cl)c2)cn1. The van der Waals surface area contributed by atoms with Crippen molar-refractivity contribution >= 4 is 34.6 Å². The van der Waals surface area contributed by atoms with Gasteiger partial charge in [0.1, 0.15) is 17.6 Å². The second-order valence-electron chi connectivity index (χ2n) is 5.30. The Morgan fingerprint density at radius 2 is 1.88 bits per heavy atom. The Morgan fingerprint density at radius 3 is 2.58 bits per heavy atom. The fourth-order valence-corrected chi connectivity index (χ4v) is 2.40. The maximum absolute atomic E-state index is 13.2. The highest BCUT2D eigenvalue weighted by Crippen LogP contribution is 2.22. The minimum Gasteiger partial charge on any atom is -0.354 e. The zero-order valence-corrected chi connectivity index (χ0v) is 14.1. The van der Waals surface area contributed by atoms with Gasteiger partial charge in [-0.05, 0) is 42.5 Å². The summed E-state index contributed by atoms with van der Waals surface area (Å²) in [4.78, 5) is 16.4. The maximum atomic E-state index is 13.2. The van der Waals surface area contributed by atoms with Gasteiger partial charge in [0.05, 0.1) is 28.2 Å². The first kappa shape index (κ1) is 17.4. The van der Waals surface area contributed by atoms with Crippen LogP contribution >= 0.6 is 11.6 Å². The lowest BCUT2D eigenvalue weighted by molar-refractivity contribution is 0.102. The van der Waals surface area contributed by atoms with Gasteiger partial charge in [0.15, 0.2) is 0 Å². The van der Waals surface area contributed by atoms with E-state index >= 15 is 0 Å². The van der Waals surface area contributed by atoms with Crippen molar-refractivity contribution in [2.75, 3.05) is 10.6 Å². The molecule has 0 atom stereocenters. The summed E-state index contributed by atoms with van der Waals surface area (Å²) < 4.78 is 13.2. The molecule has 0 spiro atoms. The van der Waals surface area contributed by atoms with Crippen LogP contribution < -0.4 is 10.6 Å². The normalized spacial score (nSPS) is 10.0. The lowest BCUT2D eigenvalue weighted by atomic mass is 10.2. The van der Waals surface area contributed by atoms with Crippen molar-refractivity contribution in [2.45, 2.75) is 0 Å². The molecule has 1 aromatic heterocycles. The zero-order valence-electron chi connectivity index (χ0n) is 13.3. The van der Waals surface area contributed by atoms with Crippen LogP contribution in [0.25, 0.3) is 0 Å². The van der Waals surface area contributed by atoms with Gasteiger partial charge < -0.3 is 10.6 Å². The molecule has 0 bridgehead atoms. The van der Waals surface area contributed by atoms with E-state index in [1.165, 1.54) is 24.4 Å². The molecule has 0 unspecified atom stereocenters. The number of para-hydroxylation sites is 1. The van der Waals surface area contributed by atoms with Gasteiger partial charge in [0, 0.05) is 5.69 Å². The van der Waals surface area contributed by atoms with Crippen LogP contribution in [0.15, 0.2) is 60.8 Å². The van der Waals surface area contributed by atoms with Gasteiger partial charge in [-0.2, -0.15) is 5.26 Å². The van der Waals surface area contributed by atoms with Crippen molar-refractivity contribution in [3.63, 3.8) is 0 Å². The highest BCUT2D eigenvalue weighted by Gasteiger charge is 2.10. The molecule has 0 aliphatic rings. The number of carbonyl (C=O) groups is 1. The van der Waals surface area contributed by atoms with E-state index < -0.39 is 11.7 Å². The van der Waals surface area contributed by atoms with Crippen molar-refractivity contribution in [1.82, 2.24) is 4.98 Å². The minimum atomic E-state index is -0.500. The molecule has 0 saturated carbocycles. The van der Waals surface area contributed by atoms with Crippen LogP contribution in [0.3, 0.4) is 0 Å². The first-order valence-electron chi connectivity index (χ1n) is 7.55. The molecule has 0 aliphatic heterocycles. The van der Waals surface area contributed by atoms with E-state index in [9.17, 15) is 9.18 Å². The molecule has 0 aliphatic carbocycles. The second kappa shape index (κ2) is 7.64. The number of aromatic nitrogens is 1. The Morgan fingerprint density at radius 1 is 1.12 bits per heavy atom. The summed E-state index contributed by atoms with van der Waals surface area (Å²) in [6.07, 6.45) is 1.47. The largest absolute Gasteiger partial charge is 0.354 e. The average molecular weight is 367 g/mol. The summed E-state index contributed by atoms with van der Waals surface area (Å²) >= 11 is 5.74. The van der Waals surface area contributed by atoms with E-state index in [0.717, 1.165) is 0 Å². The lowest BCUT2D eigenvalue weighted by Gasteiger charge is -2.09. The summed E-state index contributed by atoms with van der Waals surface area (Å²) in [5, 5.41) is 14.7. The van der Waals surface area contributed by atoms with E-state index in [1.807, 2.05) is 6.07 Å². The molecule has 1 amide bonds. The highest BCUT2D eigenvalue weighted by molar-refractivity contribution is 6.31. The van der Waals surface area contributed by atoms with Crippen LogP contribution in [0.5, 0.6) is 0 Å². The zero-order chi connectivity index (χ0) is 18.5. The standard InChI is InChI=1S/C19H12ClFN4O/c20-15-9-13(5-7-16(15)21)24-14-6-8-18(23-11-14)19(26)25-17-4-2-1-3-12(17)10-22/h1-9,11,24H,(H,25,26). The molecule has 0 fully saturated rings. The number of hydrogen-bond donors (Lipinski definition) is 2. The van der Waals surface area contributed by atoms with Gasteiger partial charge in [-0.25, -0.2) is 9.37 Å². The summed E-state index contributed by atoms with van der Waals surface area (Å²) in [6.45, 7) is 0. The van der Waals surface area contributed by atoms with Crippen LogP contribution in [-0.2, 0) is 0 Å². The third-order valence-electron chi connectivity index (χ3n) is 3.50. The summed E-state index contributed by atoms with van der Waals surface area (Å²) in [5.41, 5.74) is 2.19. The lowest BCUT2D eigenvalue weighted by Crippen LogP contribution is -2.14. The Labute approximate surface area is 154 Å². The quantitative estimate of drug-likeness (QED) is 0.699. The topological polar surface area (TPSA) is 77.8 Å². The fourth-order valence-electron chi connectivity index (χ4n) is 2.22. The van der Waals surface area contributed by atoms with E-state index in [2.05, 4.69) is 15.6 Å². The average Bonchev–Trinajstić information content (AvgIpc) is 2.66. The molecule has 3 aromatic rings. The molecule has 0 radical (unpaired) electrons. The van der Waals surface area contributed by atoms with Crippen molar-refractivity contribution in [2.24, 2.45) is 0 Å². The maximum Gasteiger partial charge on any atom is 0.274 e. The summed E-state index contributed by atoms with van der Waals surface area (Å²) in [6, 6.07) is 16.2. The van der Waals surface area contributed by atoms with Gasteiger partial charge in [0.2, 0.25) is 0 Å². The number of nitriles is 1. The number of nitrogens with one attached hydrogen (secondary N) is 2. The molecule has 7 heteroatoms. The first-order chi connectivity index (χ1) is 12.6. The van der Waals surface area contributed by atoms with E-state index in [0.29, 0.717) is 22.6 Å². The third kappa shape index (κ3) is 3.97. The minimum absolute atomic E-state index is 0.00937. The van der Waals surface area contributed by atoms with Gasteiger partial charge in [-0.1, -0.05) is 23.7 Å². The van der Waals surface area contributed by atoms with Crippen molar-refractivity contribution < 1.29 is 9.18 Å². The molecule has 0 saturated heterocycles. The van der Waals surface area contributed by atoms with Crippen LogP contribution in [0.2, 0.25) is 5.02 Å². The molecule has 26 heavy (non-hydrogen) atoms. The number of pyridine rings is 1. The van der Waals surface area contributed by atoms with E-state index in [1.54, 1.807) is 36.4 Å². The Balaban J connectivity index is 1.71. The number of halogens is 2. The number of carbonyl (C=O) groups excluding carboxylic acids is 1. The molecule has 1 heterocycles. The van der Waals surface area contributed by atoms with E-state index in [4.69, 9.17) is 16.9 Å². The Bertz CT molecular complexity index is 999. The Hall–Kier alpha value is -3.43. The number of benzene rings is 2.